The summed E-state index contributed by atoms with van der Waals surface area (Å²) in [6.07, 6.45) is 4.65. The highest BCUT2D eigenvalue weighted by Gasteiger charge is 2.30. The maximum atomic E-state index is 12.2. The monoisotopic (exact) mass is 244 g/mol. The van der Waals surface area contributed by atoms with Crippen LogP contribution in [0.1, 0.15) is 31.7 Å². The number of carbonyl (C=O) groups excluding carboxylic acids is 1. The first-order chi connectivity index (χ1) is 8.74. The summed E-state index contributed by atoms with van der Waals surface area (Å²) >= 11 is 0. The summed E-state index contributed by atoms with van der Waals surface area (Å²) in [4.78, 5) is 12.2. The number of hydrogen-bond acceptors (Lipinski definition) is 2. The Morgan fingerprint density at radius 1 is 1.39 bits per heavy atom. The molecule has 1 aliphatic carbocycles. The molecular formula is C15H20N2O. The zero-order valence-electron chi connectivity index (χ0n) is 10.8. The number of amides is 1. The van der Waals surface area contributed by atoms with Crippen molar-refractivity contribution in [3.8, 4) is 0 Å². The van der Waals surface area contributed by atoms with Gasteiger partial charge >= 0.3 is 0 Å². The smallest absolute Gasteiger partial charge is 0.243 e. The number of rotatable bonds is 3. The number of hydrogen-bond donors (Lipinski definition) is 2. The Kier molecular flexibility index (Phi) is 2.98. The molecule has 1 fully saturated rings. The minimum atomic E-state index is -0.0927. The van der Waals surface area contributed by atoms with E-state index in [2.05, 4.69) is 23.6 Å². The van der Waals surface area contributed by atoms with Gasteiger partial charge in [0.25, 0.3) is 0 Å². The lowest BCUT2D eigenvalue weighted by atomic mass is 9.80. The predicted octanol–water partition coefficient (Wildman–Crippen LogP) is 2.33. The molecule has 96 valence electrons. The Bertz CT molecular complexity index is 429. The summed E-state index contributed by atoms with van der Waals surface area (Å²) in [5.41, 5.74) is 2.35. The lowest BCUT2D eigenvalue weighted by Gasteiger charge is -2.32. The van der Waals surface area contributed by atoms with Crippen LogP contribution in [0.5, 0.6) is 0 Å². The van der Waals surface area contributed by atoms with Crippen LogP contribution in [0.2, 0.25) is 0 Å². The van der Waals surface area contributed by atoms with E-state index in [1.54, 1.807) is 0 Å². The topological polar surface area (TPSA) is 41.1 Å². The standard InChI is InChI=1S/C15H20N2O/c1-10(11-6-4-7-11)16-15(18)14-9-12-5-2-3-8-13(12)17-14/h2-3,5,8,10-11,14,17H,4,6-7,9H2,1H3,(H,16,18). The molecule has 0 bridgehead atoms. The van der Waals surface area contributed by atoms with Crippen molar-refractivity contribution >= 4 is 11.6 Å². The van der Waals surface area contributed by atoms with Crippen molar-refractivity contribution in [3.63, 3.8) is 0 Å². The molecule has 1 aliphatic heterocycles. The SMILES string of the molecule is CC(NC(=O)C1Cc2ccccc2N1)C1CCC1. The molecule has 1 saturated carbocycles. The second-order valence-corrected chi connectivity index (χ2v) is 5.55. The second-order valence-electron chi connectivity index (χ2n) is 5.55. The predicted molar refractivity (Wildman–Crippen MR) is 72.5 cm³/mol. The lowest BCUT2D eigenvalue weighted by Crippen LogP contribution is -2.46. The molecule has 1 amide bonds. The van der Waals surface area contributed by atoms with Crippen LogP contribution in [0.15, 0.2) is 24.3 Å². The van der Waals surface area contributed by atoms with E-state index in [0.717, 1.165) is 12.1 Å². The van der Waals surface area contributed by atoms with Crippen LogP contribution in [-0.4, -0.2) is 18.0 Å². The molecule has 2 N–H and O–H groups in total. The summed E-state index contributed by atoms with van der Waals surface area (Å²) < 4.78 is 0. The van der Waals surface area contributed by atoms with Crippen LogP contribution in [-0.2, 0) is 11.2 Å². The van der Waals surface area contributed by atoms with Crippen molar-refractivity contribution in [2.45, 2.75) is 44.7 Å². The Hall–Kier alpha value is -1.51. The highest BCUT2D eigenvalue weighted by atomic mass is 16.2. The zero-order valence-corrected chi connectivity index (χ0v) is 10.8. The minimum Gasteiger partial charge on any atom is -0.373 e. The van der Waals surface area contributed by atoms with Crippen LogP contribution in [0, 0.1) is 5.92 Å². The molecule has 3 nitrogen and oxygen atoms in total. The molecule has 2 aliphatic rings. The Balaban J connectivity index is 1.58. The molecule has 2 atom stereocenters. The van der Waals surface area contributed by atoms with E-state index in [1.807, 2.05) is 18.2 Å². The van der Waals surface area contributed by atoms with Crippen LogP contribution >= 0.6 is 0 Å². The van der Waals surface area contributed by atoms with Crippen LogP contribution in [0.3, 0.4) is 0 Å². The van der Waals surface area contributed by atoms with Crippen molar-refractivity contribution in [2.24, 2.45) is 5.92 Å². The van der Waals surface area contributed by atoms with Crippen LogP contribution in [0.25, 0.3) is 0 Å². The van der Waals surface area contributed by atoms with Gasteiger partial charge < -0.3 is 10.6 Å². The first kappa shape index (κ1) is 11.6. The molecule has 0 radical (unpaired) electrons. The van der Waals surface area contributed by atoms with Crippen molar-refractivity contribution in [1.29, 1.82) is 0 Å². The van der Waals surface area contributed by atoms with E-state index in [-0.39, 0.29) is 11.9 Å². The van der Waals surface area contributed by atoms with Gasteiger partial charge in [-0.25, -0.2) is 0 Å². The molecule has 0 saturated heterocycles. The lowest BCUT2D eigenvalue weighted by molar-refractivity contribution is -0.122. The molecule has 3 rings (SSSR count). The van der Waals surface area contributed by atoms with Gasteiger partial charge in [-0.15, -0.1) is 0 Å². The van der Waals surface area contributed by atoms with Gasteiger partial charge in [0.15, 0.2) is 0 Å². The Labute approximate surface area is 108 Å². The third kappa shape index (κ3) is 2.09. The van der Waals surface area contributed by atoms with Crippen molar-refractivity contribution in [2.75, 3.05) is 5.32 Å². The number of para-hydroxylation sites is 1. The minimum absolute atomic E-state index is 0.0927. The zero-order chi connectivity index (χ0) is 12.5. The fourth-order valence-electron chi connectivity index (χ4n) is 2.84. The van der Waals surface area contributed by atoms with Crippen molar-refractivity contribution in [3.05, 3.63) is 29.8 Å². The average Bonchev–Trinajstić information content (AvgIpc) is 2.69. The maximum absolute atomic E-state index is 12.2. The third-order valence-corrected chi connectivity index (χ3v) is 4.31. The van der Waals surface area contributed by atoms with Gasteiger partial charge in [0.1, 0.15) is 6.04 Å². The summed E-state index contributed by atoms with van der Waals surface area (Å²) in [5, 5.41) is 6.46. The van der Waals surface area contributed by atoms with E-state index in [1.165, 1.54) is 24.8 Å². The molecule has 1 aromatic rings. The van der Waals surface area contributed by atoms with Gasteiger partial charge in [-0.2, -0.15) is 0 Å². The molecule has 0 spiro atoms. The van der Waals surface area contributed by atoms with E-state index in [9.17, 15) is 4.79 Å². The molecule has 1 heterocycles. The van der Waals surface area contributed by atoms with E-state index in [0.29, 0.717) is 12.0 Å². The summed E-state index contributed by atoms with van der Waals surface area (Å²) in [6.45, 7) is 2.13. The van der Waals surface area contributed by atoms with Crippen molar-refractivity contribution in [1.82, 2.24) is 5.32 Å². The van der Waals surface area contributed by atoms with Crippen LogP contribution < -0.4 is 10.6 Å². The quantitative estimate of drug-likeness (QED) is 0.856. The second kappa shape index (κ2) is 4.63. The molecule has 3 heteroatoms. The Morgan fingerprint density at radius 2 is 2.17 bits per heavy atom. The van der Waals surface area contributed by atoms with E-state index in [4.69, 9.17) is 0 Å². The summed E-state index contributed by atoms with van der Waals surface area (Å²) in [7, 11) is 0. The Morgan fingerprint density at radius 3 is 2.83 bits per heavy atom. The highest BCUT2D eigenvalue weighted by molar-refractivity contribution is 5.87. The fraction of sp³-hybridized carbons (Fsp3) is 0.533. The molecule has 0 aromatic heterocycles. The average molecular weight is 244 g/mol. The molecule has 2 unspecified atom stereocenters. The normalized spacial score (nSPS) is 23.7. The van der Waals surface area contributed by atoms with Crippen LogP contribution in [0.4, 0.5) is 5.69 Å². The van der Waals surface area contributed by atoms with Gasteiger partial charge in [0.05, 0.1) is 0 Å². The number of nitrogens with one attached hydrogen (secondary N) is 2. The van der Waals surface area contributed by atoms with Crippen molar-refractivity contribution < 1.29 is 4.79 Å². The third-order valence-electron chi connectivity index (χ3n) is 4.31. The highest BCUT2D eigenvalue weighted by Crippen LogP contribution is 2.30. The van der Waals surface area contributed by atoms with Gasteiger partial charge in [-0.05, 0) is 37.3 Å². The van der Waals surface area contributed by atoms with Gasteiger partial charge in [0.2, 0.25) is 5.91 Å². The number of carbonyl (C=O) groups is 1. The van der Waals surface area contributed by atoms with Gasteiger partial charge in [-0.1, -0.05) is 24.6 Å². The largest absolute Gasteiger partial charge is 0.373 e. The number of benzene rings is 1. The first-order valence-corrected chi connectivity index (χ1v) is 6.89. The van der Waals surface area contributed by atoms with Gasteiger partial charge in [-0.3, -0.25) is 4.79 Å². The maximum Gasteiger partial charge on any atom is 0.243 e. The summed E-state index contributed by atoms with van der Waals surface area (Å²) in [6, 6.07) is 8.38. The number of fused-ring (bicyclic) bond motifs is 1. The number of anilines is 1. The first-order valence-electron chi connectivity index (χ1n) is 6.89. The molecule has 18 heavy (non-hydrogen) atoms. The van der Waals surface area contributed by atoms with E-state index < -0.39 is 0 Å². The summed E-state index contributed by atoms with van der Waals surface area (Å²) in [5.74, 6) is 0.836. The molecule has 1 aromatic carbocycles. The molecular weight excluding hydrogens is 224 g/mol. The van der Waals surface area contributed by atoms with E-state index >= 15 is 0 Å². The fourth-order valence-corrected chi connectivity index (χ4v) is 2.84. The van der Waals surface area contributed by atoms with Gasteiger partial charge in [0, 0.05) is 18.2 Å².